The topological polar surface area (TPSA) is 63.6 Å². The number of esters is 1. The molecule has 0 aromatic rings. The smallest absolute Gasteiger partial charge is 0.315 e. The number of thioether (sulfide) groups is 1. The number of carbonyl (C=O) groups excluding carboxylic acids is 1. The Morgan fingerprint density at radius 1 is 1.46 bits per heavy atom. The van der Waals surface area contributed by atoms with E-state index in [4.69, 9.17) is 9.84 Å². The molecule has 0 rings (SSSR count). The molecule has 0 aliphatic heterocycles. The van der Waals surface area contributed by atoms with Crippen molar-refractivity contribution in [2.45, 2.75) is 19.8 Å². The van der Waals surface area contributed by atoms with Crippen LogP contribution in [-0.4, -0.2) is 35.2 Å². The molecule has 0 bridgehead atoms. The highest BCUT2D eigenvalue weighted by molar-refractivity contribution is 7.99. The number of rotatable bonds is 7. The van der Waals surface area contributed by atoms with E-state index >= 15 is 0 Å². The van der Waals surface area contributed by atoms with E-state index in [0.717, 1.165) is 0 Å². The van der Waals surface area contributed by atoms with Crippen molar-refractivity contribution < 1.29 is 19.4 Å². The van der Waals surface area contributed by atoms with Crippen LogP contribution in [0.2, 0.25) is 0 Å². The Labute approximate surface area is 81.6 Å². The van der Waals surface area contributed by atoms with E-state index in [-0.39, 0.29) is 12.4 Å². The lowest BCUT2D eigenvalue weighted by molar-refractivity contribution is -0.140. The lowest BCUT2D eigenvalue weighted by Crippen LogP contribution is -2.07. The molecular formula is C8H14O4S. The minimum Gasteiger partial charge on any atom is -0.481 e. The van der Waals surface area contributed by atoms with Gasteiger partial charge in [-0.15, -0.1) is 0 Å². The second-order valence-electron chi connectivity index (χ2n) is 2.35. The number of ether oxygens (including phenoxy) is 1. The predicted octanol–water partition coefficient (Wildman–Crippen LogP) is 1.15. The van der Waals surface area contributed by atoms with Gasteiger partial charge in [-0.05, 0) is 19.1 Å². The van der Waals surface area contributed by atoms with Crippen LogP contribution < -0.4 is 0 Å². The average molecular weight is 206 g/mol. The Balaban J connectivity index is 3.16. The summed E-state index contributed by atoms with van der Waals surface area (Å²) in [6.07, 6.45) is 0.759. The zero-order chi connectivity index (χ0) is 10.1. The van der Waals surface area contributed by atoms with Gasteiger partial charge >= 0.3 is 11.9 Å². The van der Waals surface area contributed by atoms with Gasteiger partial charge in [0.15, 0.2) is 0 Å². The number of carbonyl (C=O) groups is 2. The van der Waals surface area contributed by atoms with E-state index in [0.29, 0.717) is 24.5 Å². The van der Waals surface area contributed by atoms with Gasteiger partial charge < -0.3 is 9.84 Å². The summed E-state index contributed by atoms with van der Waals surface area (Å²) >= 11 is 1.41. The summed E-state index contributed by atoms with van der Waals surface area (Å²) in [6, 6.07) is 0. The normalized spacial score (nSPS) is 9.62. The molecule has 0 spiro atoms. The Morgan fingerprint density at radius 3 is 2.69 bits per heavy atom. The first kappa shape index (κ1) is 12.3. The van der Waals surface area contributed by atoms with Gasteiger partial charge in [-0.1, -0.05) is 0 Å². The molecule has 0 aromatic heterocycles. The molecule has 0 aliphatic rings. The van der Waals surface area contributed by atoms with Crippen molar-refractivity contribution in [1.29, 1.82) is 0 Å². The number of carboxylic acids is 1. The second-order valence-corrected chi connectivity index (χ2v) is 3.46. The molecule has 0 atom stereocenters. The average Bonchev–Trinajstić information content (AvgIpc) is 2.03. The summed E-state index contributed by atoms with van der Waals surface area (Å²) in [4.78, 5) is 20.9. The quantitative estimate of drug-likeness (QED) is 0.500. The molecule has 0 aromatic carbocycles. The lowest BCUT2D eigenvalue weighted by atomic mass is 10.3. The Kier molecular flexibility index (Phi) is 7.48. The molecule has 0 saturated carbocycles. The van der Waals surface area contributed by atoms with Crippen molar-refractivity contribution in [2.24, 2.45) is 0 Å². The van der Waals surface area contributed by atoms with Gasteiger partial charge in [0.25, 0.3) is 0 Å². The van der Waals surface area contributed by atoms with Crippen molar-refractivity contribution in [3.63, 3.8) is 0 Å². The Morgan fingerprint density at radius 2 is 2.15 bits per heavy atom. The van der Waals surface area contributed by atoms with Gasteiger partial charge in [-0.2, -0.15) is 11.8 Å². The van der Waals surface area contributed by atoms with Crippen molar-refractivity contribution >= 4 is 23.7 Å². The minimum atomic E-state index is -0.795. The van der Waals surface area contributed by atoms with Crippen LogP contribution in [0.1, 0.15) is 19.8 Å². The zero-order valence-electron chi connectivity index (χ0n) is 7.62. The van der Waals surface area contributed by atoms with Crippen molar-refractivity contribution in [1.82, 2.24) is 0 Å². The van der Waals surface area contributed by atoms with Gasteiger partial charge in [0, 0.05) is 6.42 Å². The Bertz CT molecular complexity index is 170. The van der Waals surface area contributed by atoms with Crippen molar-refractivity contribution in [3.8, 4) is 0 Å². The van der Waals surface area contributed by atoms with Gasteiger partial charge in [0.05, 0.1) is 12.4 Å². The monoisotopic (exact) mass is 206 g/mol. The van der Waals surface area contributed by atoms with Crippen LogP contribution in [0.15, 0.2) is 0 Å². The number of aliphatic carboxylic acids is 1. The molecule has 0 fully saturated rings. The summed E-state index contributed by atoms with van der Waals surface area (Å²) < 4.78 is 4.69. The Hall–Kier alpha value is -0.710. The summed E-state index contributed by atoms with van der Waals surface area (Å²) in [5.41, 5.74) is 0. The van der Waals surface area contributed by atoms with E-state index in [1.165, 1.54) is 11.8 Å². The summed E-state index contributed by atoms with van der Waals surface area (Å²) in [6.45, 7) is 2.15. The van der Waals surface area contributed by atoms with Crippen LogP contribution in [0, 0.1) is 0 Å². The molecule has 0 amide bonds. The van der Waals surface area contributed by atoms with Crippen LogP contribution in [0.25, 0.3) is 0 Å². The highest BCUT2D eigenvalue weighted by atomic mass is 32.2. The minimum absolute atomic E-state index is 0.163. The third-order valence-electron chi connectivity index (χ3n) is 1.20. The van der Waals surface area contributed by atoms with Gasteiger partial charge in [0.1, 0.15) is 0 Å². The zero-order valence-corrected chi connectivity index (χ0v) is 8.43. The highest BCUT2D eigenvalue weighted by Crippen LogP contribution is 2.04. The summed E-state index contributed by atoms with van der Waals surface area (Å²) in [5.74, 6) is -0.0296. The van der Waals surface area contributed by atoms with Crippen molar-refractivity contribution in [2.75, 3.05) is 18.1 Å². The highest BCUT2D eigenvalue weighted by Gasteiger charge is 2.01. The molecule has 0 aliphatic carbocycles. The fourth-order valence-electron chi connectivity index (χ4n) is 0.684. The summed E-state index contributed by atoms with van der Waals surface area (Å²) in [5, 5.41) is 8.31. The third kappa shape index (κ3) is 9.20. The standard InChI is InChI=1S/C8H14O4S/c1-2-12-8(11)6-13-5-3-4-7(9)10/h2-6H2,1H3,(H,9,10). The molecule has 0 heterocycles. The number of carboxylic acid groups (broad SMARTS) is 1. The molecule has 1 N–H and O–H groups in total. The van der Waals surface area contributed by atoms with E-state index < -0.39 is 5.97 Å². The number of hydrogen-bond donors (Lipinski definition) is 1. The van der Waals surface area contributed by atoms with Crippen LogP contribution in [0.4, 0.5) is 0 Å². The van der Waals surface area contributed by atoms with E-state index in [9.17, 15) is 9.59 Å². The molecule has 76 valence electrons. The molecule has 4 nitrogen and oxygen atoms in total. The fourth-order valence-corrected chi connectivity index (χ4v) is 1.43. The van der Waals surface area contributed by atoms with Gasteiger partial charge in [-0.3, -0.25) is 9.59 Å². The molecule has 5 heteroatoms. The molecule has 0 unspecified atom stereocenters. The van der Waals surface area contributed by atoms with Crippen molar-refractivity contribution in [3.05, 3.63) is 0 Å². The van der Waals surface area contributed by atoms with E-state index in [1.54, 1.807) is 6.92 Å². The van der Waals surface area contributed by atoms with E-state index in [1.807, 2.05) is 0 Å². The fraction of sp³-hybridized carbons (Fsp3) is 0.750. The third-order valence-corrected chi connectivity index (χ3v) is 2.22. The van der Waals surface area contributed by atoms with Crippen LogP contribution >= 0.6 is 11.8 Å². The maximum absolute atomic E-state index is 10.8. The summed E-state index contributed by atoms with van der Waals surface area (Å²) in [7, 11) is 0. The largest absolute Gasteiger partial charge is 0.481 e. The van der Waals surface area contributed by atoms with Crippen LogP contribution in [0.3, 0.4) is 0 Å². The molecule has 13 heavy (non-hydrogen) atoms. The predicted molar refractivity (Wildman–Crippen MR) is 50.8 cm³/mol. The van der Waals surface area contributed by atoms with Gasteiger partial charge in [-0.25, -0.2) is 0 Å². The first-order valence-corrected chi connectivity index (χ1v) is 5.27. The maximum Gasteiger partial charge on any atom is 0.315 e. The molecule has 0 saturated heterocycles. The molecular weight excluding hydrogens is 192 g/mol. The first-order chi connectivity index (χ1) is 6.16. The lowest BCUT2D eigenvalue weighted by Gasteiger charge is -2.00. The SMILES string of the molecule is CCOC(=O)CSCCCC(=O)O. The van der Waals surface area contributed by atoms with Crippen LogP contribution in [-0.2, 0) is 14.3 Å². The second kappa shape index (κ2) is 7.91. The number of hydrogen-bond acceptors (Lipinski definition) is 4. The maximum atomic E-state index is 10.8. The first-order valence-electron chi connectivity index (χ1n) is 4.12. The van der Waals surface area contributed by atoms with Crippen LogP contribution in [0.5, 0.6) is 0 Å². The molecule has 0 radical (unpaired) electrons. The van der Waals surface area contributed by atoms with Gasteiger partial charge in [0.2, 0.25) is 0 Å². The van der Waals surface area contributed by atoms with E-state index in [2.05, 4.69) is 0 Å².